The minimum absolute atomic E-state index is 0.177. The van der Waals surface area contributed by atoms with Crippen molar-refractivity contribution in [2.45, 2.75) is 6.54 Å². The molecule has 0 aliphatic carbocycles. The predicted molar refractivity (Wildman–Crippen MR) is 74.6 cm³/mol. The van der Waals surface area contributed by atoms with Crippen LogP contribution in [0.15, 0.2) is 36.4 Å². The molecule has 5 nitrogen and oxygen atoms in total. The first-order valence-corrected chi connectivity index (χ1v) is 6.26. The molecule has 2 N–H and O–H groups in total. The minimum Gasteiger partial charge on any atom is -0.507 e. The number of benzene rings is 2. The van der Waals surface area contributed by atoms with Crippen LogP contribution < -0.4 is 19.5 Å². The van der Waals surface area contributed by atoms with Crippen LogP contribution in [0.5, 0.6) is 23.0 Å². The highest BCUT2D eigenvalue weighted by Crippen LogP contribution is 2.38. The number of phenols is 1. The lowest BCUT2D eigenvalue weighted by atomic mass is 10.1. The van der Waals surface area contributed by atoms with Gasteiger partial charge in [0.15, 0.2) is 11.5 Å². The lowest BCUT2D eigenvalue weighted by Crippen LogP contribution is -2.01. The smallest absolute Gasteiger partial charge is 0.231 e. The van der Waals surface area contributed by atoms with Crippen LogP contribution in [0.4, 0.5) is 5.69 Å². The Balaban J connectivity index is 1.78. The highest BCUT2D eigenvalue weighted by molar-refractivity contribution is 5.58. The summed E-state index contributed by atoms with van der Waals surface area (Å²) in [5.74, 6) is 2.16. The zero-order valence-electron chi connectivity index (χ0n) is 11.1. The van der Waals surface area contributed by atoms with E-state index in [0.29, 0.717) is 18.0 Å². The van der Waals surface area contributed by atoms with Crippen LogP contribution >= 0.6 is 0 Å². The van der Waals surface area contributed by atoms with E-state index in [-0.39, 0.29) is 12.5 Å². The first-order chi connectivity index (χ1) is 9.78. The molecule has 0 bridgehead atoms. The van der Waals surface area contributed by atoms with Crippen molar-refractivity contribution < 1.29 is 19.3 Å². The SMILES string of the molecule is COc1ccccc1NCc1cc2c(cc1O)OCO2. The zero-order valence-corrected chi connectivity index (χ0v) is 11.1. The summed E-state index contributed by atoms with van der Waals surface area (Å²) in [5, 5.41) is 13.2. The van der Waals surface area contributed by atoms with Crippen molar-refractivity contribution in [1.82, 2.24) is 0 Å². The van der Waals surface area contributed by atoms with E-state index in [1.165, 1.54) is 0 Å². The molecule has 0 spiro atoms. The van der Waals surface area contributed by atoms with Crippen LogP contribution in [0.3, 0.4) is 0 Å². The van der Waals surface area contributed by atoms with Gasteiger partial charge in [-0.25, -0.2) is 0 Å². The first-order valence-electron chi connectivity index (χ1n) is 6.26. The van der Waals surface area contributed by atoms with Crippen LogP contribution in [-0.4, -0.2) is 19.0 Å². The number of ether oxygens (including phenoxy) is 3. The van der Waals surface area contributed by atoms with Crippen molar-refractivity contribution in [3.8, 4) is 23.0 Å². The summed E-state index contributed by atoms with van der Waals surface area (Å²) < 4.78 is 15.8. The van der Waals surface area contributed by atoms with Gasteiger partial charge in [0.1, 0.15) is 11.5 Å². The number of nitrogens with one attached hydrogen (secondary N) is 1. The summed E-state index contributed by atoms with van der Waals surface area (Å²) in [7, 11) is 1.62. The molecule has 0 fully saturated rings. The number of anilines is 1. The van der Waals surface area contributed by atoms with Gasteiger partial charge in [0.25, 0.3) is 0 Å². The molecule has 0 saturated carbocycles. The van der Waals surface area contributed by atoms with E-state index in [9.17, 15) is 5.11 Å². The van der Waals surface area contributed by atoms with Gasteiger partial charge in [0.2, 0.25) is 6.79 Å². The summed E-state index contributed by atoms with van der Waals surface area (Å²) in [6, 6.07) is 11.0. The second-order valence-electron chi connectivity index (χ2n) is 4.39. The van der Waals surface area contributed by atoms with E-state index in [0.717, 1.165) is 17.0 Å². The predicted octanol–water partition coefficient (Wildman–Crippen LogP) is 2.74. The molecule has 0 radical (unpaired) electrons. The fraction of sp³-hybridized carbons (Fsp3) is 0.200. The zero-order chi connectivity index (χ0) is 13.9. The van der Waals surface area contributed by atoms with Crippen molar-refractivity contribution in [2.24, 2.45) is 0 Å². The Labute approximate surface area is 116 Å². The number of fused-ring (bicyclic) bond motifs is 1. The number of aromatic hydroxyl groups is 1. The third-order valence-corrected chi connectivity index (χ3v) is 3.15. The van der Waals surface area contributed by atoms with Gasteiger partial charge in [-0.1, -0.05) is 12.1 Å². The maximum Gasteiger partial charge on any atom is 0.231 e. The van der Waals surface area contributed by atoms with Crippen molar-refractivity contribution >= 4 is 5.69 Å². The van der Waals surface area contributed by atoms with Gasteiger partial charge >= 0.3 is 0 Å². The van der Waals surface area contributed by atoms with Crippen LogP contribution in [0, 0.1) is 0 Å². The molecule has 0 saturated heterocycles. The summed E-state index contributed by atoms with van der Waals surface area (Å²) in [4.78, 5) is 0. The number of phenolic OH excluding ortho intramolecular Hbond substituents is 1. The standard InChI is InChI=1S/C15H15NO4/c1-18-13-5-3-2-4-11(13)16-8-10-6-14-15(7-12(10)17)20-9-19-14/h2-7,16-17H,8-9H2,1H3. The maximum atomic E-state index is 9.97. The van der Waals surface area contributed by atoms with Gasteiger partial charge in [0, 0.05) is 18.2 Å². The van der Waals surface area contributed by atoms with E-state index in [1.807, 2.05) is 24.3 Å². The number of rotatable bonds is 4. The minimum atomic E-state index is 0.177. The topological polar surface area (TPSA) is 60.0 Å². The molecular formula is C15H15NO4. The Morgan fingerprint density at radius 3 is 2.75 bits per heavy atom. The number of hydrogen-bond acceptors (Lipinski definition) is 5. The van der Waals surface area contributed by atoms with Crippen LogP contribution in [0.1, 0.15) is 5.56 Å². The van der Waals surface area contributed by atoms with E-state index >= 15 is 0 Å². The lowest BCUT2D eigenvalue weighted by molar-refractivity contribution is 0.174. The molecule has 1 heterocycles. The summed E-state index contributed by atoms with van der Waals surface area (Å²) >= 11 is 0. The molecular weight excluding hydrogens is 258 g/mol. The van der Waals surface area contributed by atoms with Gasteiger partial charge in [-0.15, -0.1) is 0 Å². The van der Waals surface area contributed by atoms with Gasteiger partial charge in [-0.05, 0) is 18.2 Å². The molecule has 1 aliphatic rings. The molecule has 104 valence electrons. The first kappa shape index (κ1) is 12.5. The van der Waals surface area contributed by atoms with E-state index in [2.05, 4.69) is 5.32 Å². The second-order valence-corrected chi connectivity index (χ2v) is 4.39. The quantitative estimate of drug-likeness (QED) is 0.897. The highest BCUT2D eigenvalue weighted by Gasteiger charge is 2.17. The van der Waals surface area contributed by atoms with E-state index in [4.69, 9.17) is 14.2 Å². The number of methoxy groups -OCH3 is 1. The normalized spacial score (nSPS) is 12.2. The number of hydrogen-bond donors (Lipinski definition) is 2. The lowest BCUT2D eigenvalue weighted by Gasteiger charge is -2.12. The Bertz CT molecular complexity index is 627. The summed E-state index contributed by atoms with van der Waals surface area (Å²) in [6.07, 6.45) is 0. The third kappa shape index (κ3) is 2.30. The molecule has 2 aromatic rings. The monoisotopic (exact) mass is 273 g/mol. The molecule has 0 atom stereocenters. The fourth-order valence-corrected chi connectivity index (χ4v) is 2.10. The van der Waals surface area contributed by atoms with Crippen molar-refractivity contribution in [3.63, 3.8) is 0 Å². The van der Waals surface area contributed by atoms with Gasteiger partial charge < -0.3 is 24.6 Å². The van der Waals surface area contributed by atoms with Gasteiger partial charge in [0.05, 0.1) is 12.8 Å². The average molecular weight is 273 g/mol. The molecule has 0 amide bonds. The Kier molecular flexibility index (Phi) is 3.25. The van der Waals surface area contributed by atoms with Crippen molar-refractivity contribution in [3.05, 3.63) is 42.0 Å². The summed E-state index contributed by atoms with van der Waals surface area (Å²) in [5.41, 5.74) is 1.60. The van der Waals surface area contributed by atoms with Crippen LogP contribution in [0.2, 0.25) is 0 Å². The number of para-hydroxylation sites is 2. The van der Waals surface area contributed by atoms with Crippen LogP contribution in [0.25, 0.3) is 0 Å². The maximum absolute atomic E-state index is 9.97. The van der Waals surface area contributed by atoms with Gasteiger partial charge in [-0.2, -0.15) is 0 Å². The fourth-order valence-electron chi connectivity index (χ4n) is 2.10. The third-order valence-electron chi connectivity index (χ3n) is 3.15. The molecule has 0 unspecified atom stereocenters. The molecule has 1 aliphatic heterocycles. The average Bonchev–Trinajstić information content (AvgIpc) is 2.92. The largest absolute Gasteiger partial charge is 0.507 e. The molecule has 3 rings (SSSR count). The highest BCUT2D eigenvalue weighted by atomic mass is 16.7. The molecule has 5 heteroatoms. The van der Waals surface area contributed by atoms with Crippen molar-refractivity contribution in [1.29, 1.82) is 0 Å². The Morgan fingerprint density at radius 1 is 1.20 bits per heavy atom. The van der Waals surface area contributed by atoms with Crippen LogP contribution in [-0.2, 0) is 6.54 Å². The summed E-state index contributed by atoms with van der Waals surface area (Å²) in [6.45, 7) is 0.654. The Morgan fingerprint density at radius 2 is 1.95 bits per heavy atom. The van der Waals surface area contributed by atoms with E-state index < -0.39 is 0 Å². The van der Waals surface area contributed by atoms with Crippen molar-refractivity contribution in [2.75, 3.05) is 19.2 Å². The Hall–Kier alpha value is -2.56. The second kappa shape index (κ2) is 5.21. The molecule has 20 heavy (non-hydrogen) atoms. The molecule has 0 aromatic heterocycles. The van der Waals surface area contributed by atoms with E-state index in [1.54, 1.807) is 19.2 Å². The van der Waals surface area contributed by atoms with Gasteiger partial charge in [-0.3, -0.25) is 0 Å². The molecule has 2 aromatic carbocycles.